The second-order valence-electron chi connectivity index (χ2n) is 6.16. The van der Waals surface area contributed by atoms with Gasteiger partial charge in [-0.05, 0) is 36.7 Å². The van der Waals surface area contributed by atoms with Crippen molar-refractivity contribution in [3.05, 3.63) is 65.7 Å². The van der Waals surface area contributed by atoms with Crippen LogP contribution in [0.3, 0.4) is 0 Å². The van der Waals surface area contributed by atoms with Crippen molar-refractivity contribution in [2.24, 2.45) is 0 Å². The summed E-state index contributed by atoms with van der Waals surface area (Å²) in [7, 11) is -3.56. The van der Waals surface area contributed by atoms with Crippen molar-refractivity contribution in [3.63, 3.8) is 0 Å². The molecule has 2 aromatic carbocycles. The minimum Gasteiger partial charge on any atom is -0.298 e. The molecule has 0 radical (unpaired) electrons. The first-order valence-corrected chi connectivity index (χ1v) is 9.80. The summed E-state index contributed by atoms with van der Waals surface area (Å²) in [4.78, 5) is 2.49. The van der Waals surface area contributed by atoms with E-state index in [1.54, 1.807) is 18.2 Å². The number of hydrogen-bond donors (Lipinski definition) is 0. The van der Waals surface area contributed by atoms with E-state index < -0.39 is 10.0 Å². The molecule has 0 spiro atoms. The van der Waals surface area contributed by atoms with Gasteiger partial charge in [-0.15, -0.1) is 0 Å². The Labute approximate surface area is 149 Å². The van der Waals surface area contributed by atoms with Crippen molar-refractivity contribution < 1.29 is 8.42 Å². The Kier molecular flexibility index (Phi) is 5.49. The van der Waals surface area contributed by atoms with E-state index in [0.717, 1.165) is 19.5 Å². The van der Waals surface area contributed by atoms with E-state index in [9.17, 15) is 8.42 Å². The number of nitriles is 1. The van der Waals surface area contributed by atoms with Crippen molar-refractivity contribution >= 4 is 10.0 Å². The Morgan fingerprint density at radius 1 is 0.960 bits per heavy atom. The zero-order chi connectivity index (χ0) is 17.7. The van der Waals surface area contributed by atoms with E-state index in [4.69, 9.17) is 5.26 Å². The standard InChI is InChI=1S/C19H21N3O2S/c20-15-18-8-4-9-19(14-18)25(23,24)22-11-5-10-21(12-13-22)16-17-6-2-1-3-7-17/h1-4,6-9,14H,5,10-13,16H2. The van der Waals surface area contributed by atoms with Gasteiger partial charge in [0.15, 0.2) is 0 Å². The Bertz CT molecular complexity index is 860. The van der Waals surface area contributed by atoms with Crippen LogP contribution < -0.4 is 0 Å². The topological polar surface area (TPSA) is 64.4 Å². The number of rotatable bonds is 4. The van der Waals surface area contributed by atoms with Crippen molar-refractivity contribution in [1.82, 2.24) is 9.21 Å². The highest BCUT2D eigenvalue weighted by Crippen LogP contribution is 2.19. The Hall–Kier alpha value is -2.20. The highest BCUT2D eigenvalue weighted by Gasteiger charge is 2.27. The van der Waals surface area contributed by atoms with Crippen LogP contribution in [0.1, 0.15) is 17.5 Å². The smallest absolute Gasteiger partial charge is 0.243 e. The van der Waals surface area contributed by atoms with E-state index in [2.05, 4.69) is 17.0 Å². The van der Waals surface area contributed by atoms with Crippen LogP contribution in [0.25, 0.3) is 0 Å². The summed E-state index contributed by atoms with van der Waals surface area (Å²) in [5.41, 5.74) is 1.60. The second-order valence-corrected chi connectivity index (χ2v) is 8.10. The Balaban J connectivity index is 1.70. The molecule has 1 fully saturated rings. The lowest BCUT2D eigenvalue weighted by Crippen LogP contribution is -2.35. The summed E-state index contributed by atoms with van der Waals surface area (Å²) in [6.07, 6.45) is 0.796. The van der Waals surface area contributed by atoms with Crippen molar-refractivity contribution in [2.45, 2.75) is 17.9 Å². The molecule has 2 aromatic rings. The molecule has 0 saturated carbocycles. The van der Waals surface area contributed by atoms with Gasteiger partial charge in [-0.3, -0.25) is 4.90 Å². The number of nitrogens with zero attached hydrogens (tertiary/aromatic N) is 3. The first-order valence-electron chi connectivity index (χ1n) is 8.36. The Morgan fingerprint density at radius 3 is 2.52 bits per heavy atom. The van der Waals surface area contributed by atoms with Gasteiger partial charge < -0.3 is 0 Å². The lowest BCUT2D eigenvalue weighted by atomic mass is 10.2. The van der Waals surface area contributed by atoms with Crippen molar-refractivity contribution in [1.29, 1.82) is 5.26 Å². The van der Waals surface area contributed by atoms with Crippen LogP contribution >= 0.6 is 0 Å². The van der Waals surface area contributed by atoms with Crippen LogP contribution in [-0.4, -0.2) is 43.8 Å². The molecule has 1 aliphatic heterocycles. The number of sulfonamides is 1. The predicted molar refractivity (Wildman–Crippen MR) is 96.3 cm³/mol. The molecular formula is C19H21N3O2S. The minimum absolute atomic E-state index is 0.197. The van der Waals surface area contributed by atoms with Gasteiger partial charge in [-0.2, -0.15) is 9.57 Å². The average molecular weight is 355 g/mol. The maximum absolute atomic E-state index is 12.9. The molecule has 1 aliphatic rings. The predicted octanol–water partition coefficient (Wildman–Crippen LogP) is 2.45. The van der Waals surface area contributed by atoms with Crippen LogP contribution in [0.5, 0.6) is 0 Å². The van der Waals surface area contributed by atoms with Gasteiger partial charge in [0, 0.05) is 26.2 Å². The molecule has 3 rings (SSSR count). The average Bonchev–Trinajstić information content (AvgIpc) is 2.89. The molecule has 0 aromatic heterocycles. The minimum atomic E-state index is -3.56. The molecule has 0 amide bonds. The summed E-state index contributed by atoms with van der Waals surface area (Å²) in [5, 5.41) is 8.99. The largest absolute Gasteiger partial charge is 0.298 e. The maximum atomic E-state index is 12.9. The highest BCUT2D eigenvalue weighted by molar-refractivity contribution is 7.89. The van der Waals surface area contributed by atoms with Crippen LogP contribution in [0, 0.1) is 11.3 Å². The van der Waals surface area contributed by atoms with E-state index in [-0.39, 0.29) is 4.90 Å². The van der Waals surface area contributed by atoms with Gasteiger partial charge in [0.05, 0.1) is 16.5 Å². The molecule has 1 heterocycles. The van der Waals surface area contributed by atoms with Crippen LogP contribution in [-0.2, 0) is 16.6 Å². The summed E-state index contributed by atoms with van der Waals surface area (Å²) >= 11 is 0. The monoisotopic (exact) mass is 355 g/mol. The lowest BCUT2D eigenvalue weighted by Gasteiger charge is -2.22. The zero-order valence-corrected chi connectivity index (χ0v) is 14.8. The molecular weight excluding hydrogens is 334 g/mol. The van der Waals surface area contributed by atoms with Crippen molar-refractivity contribution in [3.8, 4) is 6.07 Å². The van der Waals surface area contributed by atoms with Crippen molar-refractivity contribution in [2.75, 3.05) is 26.2 Å². The summed E-state index contributed by atoms with van der Waals surface area (Å²) in [6.45, 7) is 3.38. The quantitative estimate of drug-likeness (QED) is 0.845. The molecule has 0 aliphatic carbocycles. The first kappa shape index (κ1) is 17.6. The van der Waals surface area contributed by atoms with E-state index in [0.29, 0.717) is 25.2 Å². The SMILES string of the molecule is N#Cc1cccc(S(=O)(=O)N2CCCN(Cc3ccccc3)CC2)c1. The van der Waals surface area contributed by atoms with E-state index >= 15 is 0 Å². The molecule has 0 bridgehead atoms. The van der Waals surface area contributed by atoms with Gasteiger partial charge in [-0.1, -0.05) is 36.4 Å². The normalized spacial score (nSPS) is 16.9. The maximum Gasteiger partial charge on any atom is 0.243 e. The molecule has 0 atom stereocenters. The van der Waals surface area contributed by atoms with Gasteiger partial charge >= 0.3 is 0 Å². The van der Waals surface area contributed by atoms with E-state index in [1.165, 1.54) is 15.9 Å². The molecule has 0 N–H and O–H groups in total. The fourth-order valence-corrected chi connectivity index (χ4v) is 4.58. The molecule has 25 heavy (non-hydrogen) atoms. The van der Waals surface area contributed by atoms with E-state index in [1.807, 2.05) is 24.3 Å². The summed E-state index contributed by atoms with van der Waals surface area (Å²) in [6, 6.07) is 18.4. The molecule has 6 heteroatoms. The summed E-state index contributed by atoms with van der Waals surface area (Å²) < 4.78 is 27.3. The number of hydrogen-bond acceptors (Lipinski definition) is 4. The molecule has 0 unspecified atom stereocenters. The summed E-state index contributed by atoms with van der Waals surface area (Å²) in [5.74, 6) is 0. The molecule has 5 nitrogen and oxygen atoms in total. The fourth-order valence-electron chi connectivity index (χ4n) is 3.06. The second kappa shape index (κ2) is 7.79. The lowest BCUT2D eigenvalue weighted by molar-refractivity contribution is 0.278. The van der Waals surface area contributed by atoms with Crippen LogP contribution in [0.2, 0.25) is 0 Å². The number of benzene rings is 2. The third-order valence-electron chi connectivity index (χ3n) is 4.40. The molecule has 130 valence electrons. The molecule has 1 saturated heterocycles. The Morgan fingerprint density at radius 2 is 1.76 bits per heavy atom. The first-order chi connectivity index (χ1) is 12.1. The van der Waals surface area contributed by atoms with Crippen LogP contribution in [0.15, 0.2) is 59.5 Å². The van der Waals surface area contributed by atoms with Gasteiger partial charge in [-0.25, -0.2) is 8.42 Å². The zero-order valence-electron chi connectivity index (χ0n) is 14.0. The third-order valence-corrected chi connectivity index (χ3v) is 6.29. The van der Waals surface area contributed by atoms with Gasteiger partial charge in [0.1, 0.15) is 0 Å². The fraction of sp³-hybridized carbons (Fsp3) is 0.316. The third kappa shape index (κ3) is 4.26. The van der Waals surface area contributed by atoms with Crippen LogP contribution in [0.4, 0.5) is 0 Å². The van der Waals surface area contributed by atoms with Gasteiger partial charge in [0.2, 0.25) is 10.0 Å². The van der Waals surface area contributed by atoms with Gasteiger partial charge in [0.25, 0.3) is 0 Å². The highest BCUT2D eigenvalue weighted by atomic mass is 32.2.